The quantitative estimate of drug-likeness (QED) is 0.647. The van der Waals surface area contributed by atoms with Crippen molar-refractivity contribution in [3.63, 3.8) is 0 Å². The van der Waals surface area contributed by atoms with E-state index in [2.05, 4.69) is 20.8 Å². The average molecular weight is 337 g/mol. The smallest absolute Gasteiger partial charge is 0.408 e. The maximum absolute atomic E-state index is 11.7. The number of carbonyl (C=O) groups excluding carboxylic acids is 1. The Hall–Kier alpha value is -2.75. The van der Waals surface area contributed by atoms with Crippen LogP contribution < -0.4 is 5.32 Å². The van der Waals surface area contributed by atoms with Gasteiger partial charge in [0.15, 0.2) is 0 Å². The molecule has 1 unspecified atom stereocenters. The predicted molar refractivity (Wildman–Crippen MR) is 81.0 cm³/mol. The molecule has 0 aliphatic heterocycles. The Bertz CT molecular complexity index is 714. The summed E-state index contributed by atoms with van der Waals surface area (Å²) in [5.41, 5.74) is 0.810. The summed E-state index contributed by atoms with van der Waals surface area (Å²) in [7, 11) is 0. The van der Waals surface area contributed by atoms with E-state index in [1.807, 2.05) is 18.2 Å². The molecule has 3 N–H and O–H groups in total. The fourth-order valence-corrected chi connectivity index (χ4v) is 1.96. The maximum Gasteiger partial charge on any atom is 0.408 e. The Morgan fingerprint density at radius 1 is 1.39 bits per heavy atom. The van der Waals surface area contributed by atoms with Crippen molar-refractivity contribution >= 4 is 24.3 Å². The number of aliphatic carboxylic acids is 1. The summed E-state index contributed by atoms with van der Waals surface area (Å²) in [6, 6.07) is 7.98. The molecule has 0 radical (unpaired) electrons. The Kier molecular flexibility index (Phi) is 5.80. The van der Waals surface area contributed by atoms with Gasteiger partial charge >= 0.3 is 12.1 Å². The molecule has 1 aromatic heterocycles. The van der Waals surface area contributed by atoms with Gasteiger partial charge in [0, 0.05) is 6.54 Å². The monoisotopic (exact) mass is 337 g/mol. The van der Waals surface area contributed by atoms with Gasteiger partial charge < -0.3 is 15.2 Å². The van der Waals surface area contributed by atoms with Crippen molar-refractivity contribution in [1.82, 2.24) is 25.5 Å². The molecule has 122 valence electrons. The zero-order chi connectivity index (χ0) is 16.7. The van der Waals surface area contributed by atoms with E-state index >= 15 is 0 Å². The SMILES string of the molecule is O=C(NC(CCn1[nH]nnc1=S)C(=O)O)OCc1ccccc1. The normalized spacial score (nSPS) is 11.7. The number of benzene rings is 1. The summed E-state index contributed by atoms with van der Waals surface area (Å²) in [6.45, 7) is 0.288. The van der Waals surface area contributed by atoms with Crippen molar-refractivity contribution in [2.75, 3.05) is 0 Å². The molecule has 0 aliphatic rings. The largest absolute Gasteiger partial charge is 0.480 e. The number of nitrogens with one attached hydrogen (secondary N) is 2. The van der Waals surface area contributed by atoms with Crippen molar-refractivity contribution in [3.05, 3.63) is 40.7 Å². The van der Waals surface area contributed by atoms with E-state index in [-0.39, 0.29) is 24.3 Å². The van der Waals surface area contributed by atoms with Crippen LogP contribution in [-0.4, -0.2) is 43.4 Å². The molecule has 23 heavy (non-hydrogen) atoms. The first kappa shape index (κ1) is 16.6. The Morgan fingerprint density at radius 2 is 2.13 bits per heavy atom. The van der Waals surface area contributed by atoms with E-state index in [4.69, 9.17) is 22.1 Å². The maximum atomic E-state index is 11.7. The van der Waals surface area contributed by atoms with E-state index in [0.717, 1.165) is 5.56 Å². The number of hydrogen-bond acceptors (Lipinski definition) is 6. The van der Waals surface area contributed by atoms with Crippen molar-refractivity contribution in [1.29, 1.82) is 0 Å². The van der Waals surface area contributed by atoms with Crippen molar-refractivity contribution in [2.45, 2.75) is 25.6 Å². The lowest BCUT2D eigenvalue weighted by molar-refractivity contribution is -0.139. The highest BCUT2D eigenvalue weighted by Gasteiger charge is 2.20. The minimum Gasteiger partial charge on any atom is -0.480 e. The van der Waals surface area contributed by atoms with Crippen molar-refractivity contribution in [2.24, 2.45) is 0 Å². The fraction of sp³-hybridized carbons (Fsp3) is 0.308. The van der Waals surface area contributed by atoms with Crippen molar-refractivity contribution in [3.8, 4) is 0 Å². The number of hydrogen-bond donors (Lipinski definition) is 3. The summed E-state index contributed by atoms with van der Waals surface area (Å²) in [4.78, 5) is 22.9. The number of tetrazole rings is 1. The van der Waals surface area contributed by atoms with Crippen LogP contribution in [0.4, 0.5) is 4.79 Å². The number of nitrogens with zero attached hydrogens (tertiary/aromatic N) is 3. The van der Waals surface area contributed by atoms with Gasteiger partial charge in [0.25, 0.3) is 0 Å². The first-order valence-electron chi connectivity index (χ1n) is 6.74. The van der Waals surface area contributed by atoms with Gasteiger partial charge in [0.1, 0.15) is 12.6 Å². The zero-order valence-corrected chi connectivity index (χ0v) is 12.8. The van der Waals surface area contributed by atoms with Crippen molar-refractivity contribution < 1.29 is 19.4 Å². The topological polar surface area (TPSA) is 122 Å². The molecule has 0 saturated carbocycles. The second-order valence-electron chi connectivity index (χ2n) is 4.62. The number of aromatic amines is 1. The van der Waals surface area contributed by atoms with Crippen LogP contribution in [0.2, 0.25) is 0 Å². The van der Waals surface area contributed by atoms with Gasteiger partial charge in [-0.05, 0) is 24.2 Å². The molecule has 0 saturated heterocycles. The summed E-state index contributed by atoms with van der Waals surface area (Å²) in [5.74, 6) is -1.17. The Morgan fingerprint density at radius 3 is 2.74 bits per heavy atom. The van der Waals surface area contributed by atoms with Gasteiger partial charge in [-0.15, -0.1) is 0 Å². The van der Waals surface area contributed by atoms with E-state index in [1.54, 1.807) is 12.1 Å². The van der Waals surface area contributed by atoms with E-state index in [1.165, 1.54) is 4.68 Å². The van der Waals surface area contributed by atoms with Gasteiger partial charge in [0.05, 0.1) is 0 Å². The fourth-order valence-electron chi connectivity index (χ4n) is 1.78. The molecule has 1 amide bonds. The lowest BCUT2D eigenvalue weighted by Crippen LogP contribution is -2.41. The second-order valence-corrected chi connectivity index (χ2v) is 4.98. The summed E-state index contributed by atoms with van der Waals surface area (Å²) in [5, 5.41) is 21.0. The van der Waals surface area contributed by atoms with Gasteiger partial charge in [0.2, 0.25) is 4.77 Å². The number of H-pyrrole nitrogens is 1. The van der Waals surface area contributed by atoms with Crippen LogP contribution in [0.15, 0.2) is 30.3 Å². The van der Waals surface area contributed by atoms with Gasteiger partial charge in [-0.2, -0.15) is 5.21 Å². The molecule has 0 fully saturated rings. The summed E-state index contributed by atoms with van der Waals surface area (Å²) in [6.07, 6.45) is -0.693. The first-order valence-corrected chi connectivity index (χ1v) is 7.15. The molecule has 1 aromatic carbocycles. The molecular weight excluding hydrogens is 322 g/mol. The van der Waals surface area contributed by atoms with Crippen LogP contribution in [-0.2, 0) is 22.7 Å². The number of carboxylic acid groups (broad SMARTS) is 1. The zero-order valence-electron chi connectivity index (χ0n) is 12.0. The number of ether oxygens (including phenoxy) is 1. The minimum atomic E-state index is -1.17. The third-order valence-electron chi connectivity index (χ3n) is 2.98. The third kappa shape index (κ3) is 5.18. The first-order chi connectivity index (χ1) is 11.1. The highest BCUT2D eigenvalue weighted by atomic mass is 32.1. The number of amides is 1. The van der Waals surface area contributed by atoms with E-state index < -0.39 is 18.1 Å². The summed E-state index contributed by atoms with van der Waals surface area (Å²) < 4.78 is 6.61. The van der Waals surface area contributed by atoms with Crippen LogP contribution in [0, 0.1) is 4.77 Å². The predicted octanol–water partition coefficient (Wildman–Crippen LogP) is 1.11. The Balaban J connectivity index is 1.83. The molecular formula is C13H15N5O4S. The molecule has 1 atom stereocenters. The third-order valence-corrected chi connectivity index (χ3v) is 3.28. The van der Waals surface area contributed by atoms with Crippen LogP contribution >= 0.6 is 12.2 Å². The lowest BCUT2D eigenvalue weighted by Gasteiger charge is -2.14. The molecule has 0 aliphatic carbocycles. The lowest BCUT2D eigenvalue weighted by atomic mass is 10.2. The molecule has 2 aromatic rings. The molecule has 0 spiro atoms. The van der Waals surface area contributed by atoms with Crippen LogP contribution in [0.5, 0.6) is 0 Å². The van der Waals surface area contributed by atoms with Gasteiger partial charge in [-0.25, -0.2) is 14.3 Å². The molecule has 1 heterocycles. The van der Waals surface area contributed by atoms with Crippen LogP contribution in [0.3, 0.4) is 0 Å². The molecule has 9 nitrogen and oxygen atoms in total. The highest BCUT2D eigenvalue weighted by molar-refractivity contribution is 7.71. The van der Waals surface area contributed by atoms with Crippen LogP contribution in [0.25, 0.3) is 0 Å². The number of alkyl carbamates (subject to hydrolysis) is 1. The Labute approximate surface area is 136 Å². The average Bonchev–Trinajstić information content (AvgIpc) is 2.95. The number of aromatic nitrogens is 4. The van der Waals surface area contributed by atoms with E-state index in [9.17, 15) is 9.59 Å². The number of carbonyl (C=O) groups is 2. The van der Waals surface area contributed by atoms with Gasteiger partial charge in [-0.1, -0.05) is 40.6 Å². The number of rotatable bonds is 7. The van der Waals surface area contributed by atoms with E-state index in [0.29, 0.717) is 0 Å². The molecule has 0 bridgehead atoms. The minimum absolute atomic E-state index is 0.0640. The highest BCUT2D eigenvalue weighted by Crippen LogP contribution is 2.02. The number of carboxylic acids is 1. The number of aryl methyl sites for hydroxylation is 1. The second kappa shape index (κ2) is 8.03. The van der Waals surface area contributed by atoms with Gasteiger partial charge in [-0.3, -0.25) is 0 Å². The molecule has 10 heteroatoms. The van der Waals surface area contributed by atoms with Crippen LogP contribution in [0.1, 0.15) is 12.0 Å². The molecule has 2 rings (SSSR count). The standard InChI is InChI=1S/C13H15N5O4S/c19-11(20)10(6-7-18-12(23)15-16-17-18)14-13(21)22-8-9-4-2-1-3-5-9/h1-5,10H,6-8H2,(H,14,21)(H,19,20)(H,15,17,23). The summed E-state index contributed by atoms with van der Waals surface area (Å²) >= 11 is 4.89.